The highest BCUT2D eigenvalue weighted by molar-refractivity contribution is 5.68. The molecule has 5 nitrogen and oxygen atoms in total. The third-order valence-corrected chi connectivity index (χ3v) is 2.89. The van der Waals surface area contributed by atoms with Gasteiger partial charge in [-0.3, -0.25) is 4.90 Å². The van der Waals surface area contributed by atoms with Crippen LogP contribution in [-0.2, 0) is 4.74 Å². The normalized spacial score (nSPS) is 22.6. The highest BCUT2D eigenvalue weighted by atomic mass is 16.6. The average molecular weight is 244 g/mol. The number of carbonyl (C=O) groups is 1. The van der Waals surface area contributed by atoms with Crippen LogP contribution in [0, 0.1) is 0 Å². The minimum absolute atomic E-state index is 0.150. The van der Waals surface area contributed by atoms with E-state index in [-0.39, 0.29) is 18.7 Å². The Balaban J connectivity index is 2.52. The predicted molar refractivity (Wildman–Crippen MR) is 65.9 cm³/mol. The molecule has 0 spiro atoms. The first kappa shape index (κ1) is 14.3. The molecule has 0 aliphatic carbocycles. The van der Waals surface area contributed by atoms with E-state index in [2.05, 4.69) is 4.90 Å². The van der Waals surface area contributed by atoms with Crippen LogP contribution in [0.2, 0.25) is 0 Å². The molecule has 1 aliphatic heterocycles. The van der Waals surface area contributed by atoms with Gasteiger partial charge in [0.05, 0.1) is 0 Å². The molecule has 1 heterocycles. The van der Waals surface area contributed by atoms with Crippen molar-refractivity contribution in [2.75, 3.05) is 33.3 Å². The Kier molecular flexibility index (Phi) is 4.77. The fraction of sp³-hybridized carbons (Fsp3) is 0.917. The minimum Gasteiger partial charge on any atom is -0.444 e. The molecule has 17 heavy (non-hydrogen) atoms. The lowest BCUT2D eigenvalue weighted by Gasteiger charge is -2.39. The smallest absolute Gasteiger partial charge is 0.410 e. The molecule has 0 radical (unpaired) electrons. The molecule has 1 saturated heterocycles. The van der Waals surface area contributed by atoms with Gasteiger partial charge in [-0.2, -0.15) is 0 Å². The first-order valence-electron chi connectivity index (χ1n) is 6.12. The molecule has 1 unspecified atom stereocenters. The van der Waals surface area contributed by atoms with Crippen molar-refractivity contribution in [3.63, 3.8) is 0 Å². The van der Waals surface area contributed by atoms with Crippen LogP contribution in [0.1, 0.15) is 27.2 Å². The molecule has 0 aromatic carbocycles. The van der Waals surface area contributed by atoms with E-state index in [0.29, 0.717) is 19.5 Å². The largest absolute Gasteiger partial charge is 0.444 e. The van der Waals surface area contributed by atoms with Crippen LogP contribution in [0.4, 0.5) is 4.79 Å². The van der Waals surface area contributed by atoms with E-state index < -0.39 is 5.60 Å². The Hall–Kier alpha value is -0.810. The quantitative estimate of drug-likeness (QED) is 0.785. The number of piperazine rings is 1. The predicted octanol–water partition coefficient (Wildman–Crippen LogP) is 0.920. The molecule has 100 valence electrons. The molecule has 0 bridgehead atoms. The lowest BCUT2D eigenvalue weighted by Crippen LogP contribution is -2.54. The van der Waals surface area contributed by atoms with Gasteiger partial charge in [0, 0.05) is 32.3 Å². The Morgan fingerprint density at radius 3 is 2.59 bits per heavy atom. The van der Waals surface area contributed by atoms with Crippen LogP contribution in [0.25, 0.3) is 0 Å². The second-order valence-corrected chi connectivity index (χ2v) is 5.57. The summed E-state index contributed by atoms with van der Waals surface area (Å²) in [4.78, 5) is 15.8. The van der Waals surface area contributed by atoms with Crippen LogP contribution in [0.3, 0.4) is 0 Å². The number of hydrogen-bond donors (Lipinski definition) is 1. The van der Waals surface area contributed by atoms with E-state index >= 15 is 0 Å². The fourth-order valence-corrected chi connectivity index (χ4v) is 1.90. The topological polar surface area (TPSA) is 53.0 Å². The number of hydrogen-bond acceptors (Lipinski definition) is 4. The number of amides is 1. The number of aliphatic hydroxyl groups excluding tert-OH is 1. The molecule has 0 aromatic heterocycles. The molecule has 1 N–H and O–H groups in total. The summed E-state index contributed by atoms with van der Waals surface area (Å²) in [5.74, 6) is 0. The monoisotopic (exact) mass is 244 g/mol. The molecular formula is C12H24N2O3. The average Bonchev–Trinajstić information content (AvgIpc) is 2.19. The molecular weight excluding hydrogens is 220 g/mol. The molecule has 0 aromatic rings. The van der Waals surface area contributed by atoms with Crippen molar-refractivity contribution >= 4 is 6.09 Å². The standard InChI is InChI=1S/C12H24N2O3/c1-12(2,3)17-11(16)14-7-6-13(4)10(9-14)5-8-15/h10,15H,5-9H2,1-4H3. The summed E-state index contributed by atoms with van der Waals surface area (Å²) >= 11 is 0. The van der Waals surface area contributed by atoms with Crippen molar-refractivity contribution in [2.24, 2.45) is 0 Å². The number of aliphatic hydroxyl groups is 1. The zero-order valence-corrected chi connectivity index (χ0v) is 11.3. The number of rotatable bonds is 2. The molecule has 1 rings (SSSR count). The highest BCUT2D eigenvalue weighted by Gasteiger charge is 2.29. The molecule has 1 aliphatic rings. The maximum Gasteiger partial charge on any atom is 0.410 e. The molecule has 1 atom stereocenters. The third kappa shape index (κ3) is 4.52. The maximum absolute atomic E-state index is 11.9. The first-order chi connectivity index (χ1) is 7.83. The molecule has 5 heteroatoms. The van der Waals surface area contributed by atoms with Crippen molar-refractivity contribution in [1.29, 1.82) is 0 Å². The second kappa shape index (κ2) is 5.69. The Morgan fingerprint density at radius 1 is 1.41 bits per heavy atom. The van der Waals surface area contributed by atoms with Crippen LogP contribution >= 0.6 is 0 Å². The van der Waals surface area contributed by atoms with Gasteiger partial charge in [0.25, 0.3) is 0 Å². The van der Waals surface area contributed by atoms with E-state index in [1.165, 1.54) is 0 Å². The lowest BCUT2D eigenvalue weighted by molar-refractivity contribution is 0.00510. The summed E-state index contributed by atoms with van der Waals surface area (Å²) in [7, 11) is 2.02. The minimum atomic E-state index is -0.451. The van der Waals surface area contributed by atoms with Crippen molar-refractivity contribution in [1.82, 2.24) is 9.80 Å². The summed E-state index contributed by atoms with van der Waals surface area (Å²) in [6.07, 6.45) is 0.434. The fourth-order valence-electron chi connectivity index (χ4n) is 1.90. The third-order valence-electron chi connectivity index (χ3n) is 2.89. The Bertz CT molecular complexity index is 263. The van der Waals surface area contributed by atoms with Crippen LogP contribution in [-0.4, -0.2) is 65.9 Å². The number of carbonyl (C=O) groups excluding carboxylic acids is 1. The second-order valence-electron chi connectivity index (χ2n) is 5.57. The van der Waals surface area contributed by atoms with E-state index in [1.807, 2.05) is 27.8 Å². The zero-order chi connectivity index (χ0) is 13.1. The van der Waals surface area contributed by atoms with Gasteiger partial charge in [0.2, 0.25) is 0 Å². The van der Waals surface area contributed by atoms with Gasteiger partial charge >= 0.3 is 6.09 Å². The van der Waals surface area contributed by atoms with E-state index in [4.69, 9.17) is 9.84 Å². The van der Waals surface area contributed by atoms with E-state index in [0.717, 1.165) is 6.54 Å². The summed E-state index contributed by atoms with van der Waals surface area (Å²) in [6.45, 7) is 7.89. The first-order valence-corrected chi connectivity index (χ1v) is 6.12. The van der Waals surface area contributed by atoms with Gasteiger partial charge in [-0.05, 0) is 34.2 Å². The summed E-state index contributed by atoms with van der Waals surface area (Å²) in [5.41, 5.74) is -0.451. The molecule has 1 amide bonds. The summed E-state index contributed by atoms with van der Waals surface area (Å²) < 4.78 is 5.34. The van der Waals surface area contributed by atoms with Crippen molar-refractivity contribution < 1.29 is 14.6 Å². The van der Waals surface area contributed by atoms with Crippen molar-refractivity contribution in [2.45, 2.75) is 38.8 Å². The van der Waals surface area contributed by atoms with Crippen LogP contribution in [0.5, 0.6) is 0 Å². The molecule has 0 saturated carbocycles. The molecule has 1 fully saturated rings. The van der Waals surface area contributed by atoms with Gasteiger partial charge in [-0.15, -0.1) is 0 Å². The van der Waals surface area contributed by atoms with Gasteiger partial charge in [-0.25, -0.2) is 4.79 Å². The van der Waals surface area contributed by atoms with Crippen molar-refractivity contribution in [3.8, 4) is 0 Å². The zero-order valence-electron chi connectivity index (χ0n) is 11.3. The van der Waals surface area contributed by atoms with E-state index in [9.17, 15) is 4.79 Å². The SMILES string of the molecule is CN1CCN(C(=O)OC(C)(C)C)CC1CCO. The van der Waals surface area contributed by atoms with Gasteiger partial charge < -0.3 is 14.7 Å². The summed E-state index contributed by atoms with van der Waals surface area (Å²) in [5, 5.41) is 8.99. The Labute approximate surface area is 103 Å². The maximum atomic E-state index is 11.9. The van der Waals surface area contributed by atoms with Crippen molar-refractivity contribution in [3.05, 3.63) is 0 Å². The highest BCUT2D eigenvalue weighted by Crippen LogP contribution is 2.15. The van der Waals surface area contributed by atoms with Crippen LogP contribution in [0.15, 0.2) is 0 Å². The van der Waals surface area contributed by atoms with Gasteiger partial charge in [-0.1, -0.05) is 0 Å². The van der Waals surface area contributed by atoms with Crippen LogP contribution < -0.4 is 0 Å². The number of nitrogens with zero attached hydrogens (tertiary/aromatic N) is 2. The number of likely N-dealkylation sites (N-methyl/N-ethyl adjacent to an activating group) is 1. The summed E-state index contributed by atoms with van der Waals surface area (Å²) in [6, 6.07) is 0.223. The lowest BCUT2D eigenvalue weighted by atomic mass is 10.1. The number of ether oxygens (including phenoxy) is 1. The van der Waals surface area contributed by atoms with E-state index in [1.54, 1.807) is 4.90 Å². The van der Waals surface area contributed by atoms with Gasteiger partial charge in [0.15, 0.2) is 0 Å². The van der Waals surface area contributed by atoms with Gasteiger partial charge in [0.1, 0.15) is 5.60 Å². The Morgan fingerprint density at radius 2 is 2.06 bits per heavy atom.